The van der Waals surface area contributed by atoms with Crippen molar-refractivity contribution in [1.29, 1.82) is 0 Å². The van der Waals surface area contributed by atoms with E-state index in [1.54, 1.807) is 53.2 Å². The van der Waals surface area contributed by atoms with E-state index in [2.05, 4.69) is 10.3 Å². The molecule has 1 aromatic heterocycles. The summed E-state index contributed by atoms with van der Waals surface area (Å²) in [4.78, 5) is 25.3. The van der Waals surface area contributed by atoms with Gasteiger partial charge in [0.05, 0.1) is 24.0 Å². The molecular formula is C15H16N4O3. The van der Waals surface area contributed by atoms with Crippen LogP contribution in [0.4, 0.5) is 0 Å². The summed E-state index contributed by atoms with van der Waals surface area (Å²) in [5, 5.41) is 16.8. The minimum atomic E-state index is -0.843. The maximum Gasteiger partial charge on any atom is 0.308 e. The smallest absolute Gasteiger partial charge is 0.308 e. The number of aliphatic carboxylic acids is 1. The average Bonchev–Trinajstić information content (AvgIpc) is 3.16. The molecule has 0 spiro atoms. The Morgan fingerprint density at radius 2 is 2.00 bits per heavy atom. The highest BCUT2D eigenvalue weighted by atomic mass is 16.4. The molecule has 1 amide bonds. The SMILES string of the molecule is CC1C(C(=O)O)CCN1C(=O)c1ccc(-n2ccnn2)cc1. The Balaban J connectivity index is 1.77. The fourth-order valence-corrected chi connectivity index (χ4v) is 2.83. The number of benzene rings is 1. The Morgan fingerprint density at radius 1 is 1.27 bits per heavy atom. The van der Waals surface area contributed by atoms with E-state index < -0.39 is 11.9 Å². The van der Waals surface area contributed by atoms with E-state index >= 15 is 0 Å². The van der Waals surface area contributed by atoms with E-state index in [1.165, 1.54) is 0 Å². The number of aromatic nitrogens is 3. The first-order valence-corrected chi connectivity index (χ1v) is 7.08. The van der Waals surface area contributed by atoms with Crippen LogP contribution in [0.25, 0.3) is 5.69 Å². The molecule has 0 aliphatic carbocycles. The molecular weight excluding hydrogens is 284 g/mol. The summed E-state index contributed by atoms with van der Waals surface area (Å²) < 4.78 is 1.60. The van der Waals surface area contributed by atoms with Crippen LogP contribution in [-0.2, 0) is 4.79 Å². The minimum Gasteiger partial charge on any atom is -0.481 e. The van der Waals surface area contributed by atoms with Gasteiger partial charge in [-0.2, -0.15) is 0 Å². The van der Waals surface area contributed by atoms with Crippen LogP contribution in [0.3, 0.4) is 0 Å². The molecule has 0 radical (unpaired) electrons. The summed E-state index contributed by atoms with van der Waals surface area (Å²) in [6, 6.07) is 6.73. The second-order valence-corrected chi connectivity index (χ2v) is 5.37. The Kier molecular flexibility index (Phi) is 3.62. The van der Waals surface area contributed by atoms with Crippen molar-refractivity contribution in [2.45, 2.75) is 19.4 Å². The van der Waals surface area contributed by atoms with Gasteiger partial charge in [-0.3, -0.25) is 9.59 Å². The lowest BCUT2D eigenvalue weighted by atomic mass is 10.0. The van der Waals surface area contributed by atoms with Crippen molar-refractivity contribution in [1.82, 2.24) is 19.9 Å². The van der Waals surface area contributed by atoms with Crippen LogP contribution in [0.5, 0.6) is 0 Å². The summed E-state index contributed by atoms with van der Waals surface area (Å²) in [6.45, 7) is 2.26. The lowest BCUT2D eigenvalue weighted by Gasteiger charge is -2.23. The molecule has 7 heteroatoms. The molecule has 1 saturated heterocycles. The number of amides is 1. The molecule has 1 N–H and O–H groups in total. The predicted octanol–water partition coefficient (Wildman–Crippen LogP) is 1.20. The van der Waals surface area contributed by atoms with Crippen LogP contribution < -0.4 is 0 Å². The molecule has 2 unspecified atom stereocenters. The molecule has 2 heterocycles. The second-order valence-electron chi connectivity index (χ2n) is 5.37. The zero-order valence-corrected chi connectivity index (χ0v) is 12.1. The van der Waals surface area contributed by atoms with Crippen LogP contribution in [-0.4, -0.2) is 49.5 Å². The first-order valence-electron chi connectivity index (χ1n) is 7.08. The van der Waals surface area contributed by atoms with Crippen LogP contribution in [0.2, 0.25) is 0 Å². The standard InChI is InChI=1S/C15H16N4O3/c1-10-13(15(21)22)6-8-18(10)14(20)11-2-4-12(5-3-11)19-9-7-16-17-19/h2-5,7,9-10,13H,6,8H2,1H3,(H,21,22). The number of carbonyl (C=O) groups is 2. The lowest BCUT2D eigenvalue weighted by molar-refractivity contribution is -0.142. The van der Waals surface area contributed by atoms with E-state index in [-0.39, 0.29) is 11.9 Å². The summed E-state index contributed by atoms with van der Waals surface area (Å²) in [5.41, 5.74) is 1.36. The third kappa shape index (κ3) is 2.45. The van der Waals surface area contributed by atoms with Crippen LogP contribution in [0.1, 0.15) is 23.7 Å². The van der Waals surface area contributed by atoms with Gasteiger partial charge in [-0.05, 0) is 37.6 Å². The largest absolute Gasteiger partial charge is 0.481 e. The number of hydrogen-bond donors (Lipinski definition) is 1. The molecule has 0 bridgehead atoms. The molecule has 1 fully saturated rings. The normalized spacial score (nSPS) is 21.0. The van der Waals surface area contributed by atoms with Gasteiger partial charge < -0.3 is 10.0 Å². The summed E-state index contributed by atoms with van der Waals surface area (Å²) in [6.07, 6.45) is 3.80. The Morgan fingerprint density at radius 3 is 2.55 bits per heavy atom. The van der Waals surface area contributed by atoms with E-state index in [9.17, 15) is 9.59 Å². The number of likely N-dealkylation sites (tertiary alicyclic amines) is 1. The Labute approximate surface area is 127 Å². The van der Waals surface area contributed by atoms with Gasteiger partial charge in [0.15, 0.2) is 0 Å². The monoisotopic (exact) mass is 300 g/mol. The van der Waals surface area contributed by atoms with Gasteiger partial charge in [-0.25, -0.2) is 4.68 Å². The summed E-state index contributed by atoms with van der Waals surface area (Å²) >= 11 is 0. The van der Waals surface area contributed by atoms with Crippen molar-refractivity contribution >= 4 is 11.9 Å². The molecule has 1 aromatic carbocycles. The lowest BCUT2D eigenvalue weighted by Crippen LogP contribution is -2.37. The minimum absolute atomic E-state index is 0.138. The maximum absolute atomic E-state index is 12.5. The zero-order chi connectivity index (χ0) is 15.7. The molecule has 3 rings (SSSR count). The molecule has 7 nitrogen and oxygen atoms in total. The highest BCUT2D eigenvalue weighted by Crippen LogP contribution is 2.26. The van der Waals surface area contributed by atoms with Crippen molar-refractivity contribution < 1.29 is 14.7 Å². The van der Waals surface area contributed by atoms with Crippen LogP contribution in [0, 0.1) is 5.92 Å². The fourth-order valence-electron chi connectivity index (χ4n) is 2.83. The Bertz CT molecular complexity index is 681. The first kappa shape index (κ1) is 14.2. The maximum atomic E-state index is 12.5. The van der Waals surface area contributed by atoms with Crippen molar-refractivity contribution in [3.05, 3.63) is 42.2 Å². The van der Waals surface area contributed by atoms with Gasteiger partial charge in [0.25, 0.3) is 5.91 Å². The van der Waals surface area contributed by atoms with Crippen LogP contribution in [0.15, 0.2) is 36.7 Å². The highest BCUT2D eigenvalue weighted by Gasteiger charge is 2.38. The average molecular weight is 300 g/mol. The Hall–Kier alpha value is -2.70. The van der Waals surface area contributed by atoms with Gasteiger partial charge in [-0.15, -0.1) is 5.10 Å². The number of hydrogen-bond acceptors (Lipinski definition) is 4. The second kappa shape index (κ2) is 5.59. The molecule has 114 valence electrons. The van der Waals surface area contributed by atoms with E-state index in [0.29, 0.717) is 18.5 Å². The van der Waals surface area contributed by atoms with Gasteiger partial charge in [-0.1, -0.05) is 5.21 Å². The summed E-state index contributed by atoms with van der Waals surface area (Å²) in [7, 11) is 0. The third-order valence-electron chi connectivity index (χ3n) is 4.13. The van der Waals surface area contributed by atoms with Crippen molar-refractivity contribution in [2.24, 2.45) is 5.92 Å². The van der Waals surface area contributed by atoms with Crippen molar-refractivity contribution in [3.8, 4) is 5.69 Å². The molecule has 1 aliphatic heterocycles. The molecule has 2 aromatic rings. The molecule has 22 heavy (non-hydrogen) atoms. The number of carboxylic acids is 1. The number of rotatable bonds is 3. The van der Waals surface area contributed by atoms with Gasteiger partial charge in [0, 0.05) is 18.2 Å². The van der Waals surface area contributed by atoms with Crippen LogP contribution >= 0.6 is 0 Å². The van der Waals surface area contributed by atoms with Crippen molar-refractivity contribution in [3.63, 3.8) is 0 Å². The van der Waals surface area contributed by atoms with Gasteiger partial charge in [0.2, 0.25) is 0 Å². The molecule has 0 saturated carbocycles. The zero-order valence-electron chi connectivity index (χ0n) is 12.1. The quantitative estimate of drug-likeness (QED) is 0.920. The molecule has 1 aliphatic rings. The fraction of sp³-hybridized carbons (Fsp3) is 0.333. The first-order chi connectivity index (χ1) is 10.6. The molecule has 2 atom stereocenters. The summed E-state index contributed by atoms with van der Waals surface area (Å²) in [5.74, 6) is -1.47. The van der Waals surface area contributed by atoms with Gasteiger partial charge in [0.1, 0.15) is 0 Å². The van der Waals surface area contributed by atoms with Gasteiger partial charge >= 0.3 is 5.97 Å². The highest BCUT2D eigenvalue weighted by molar-refractivity contribution is 5.95. The number of nitrogens with zero attached hydrogens (tertiary/aromatic N) is 4. The van der Waals surface area contributed by atoms with E-state index in [4.69, 9.17) is 5.11 Å². The predicted molar refractivity (Wildman–Crippen MR) is 77.6 cm³/mol. The topological polar surface area (TPSA) is 88.3 Å². The third-order valence-corrected chi connectivity index (χ3v) is 4.13. The number of carbonyl (C=O) groups excluding carboxylic acids is 1. The van der Waals surface area contributed by atoms with Crippen molar-refractivity contribution in [2.75, 3.05) is 6.54 Å². The van der Waals surface area contributed by atoms with E-state index in [0.717, 1.165) is 5.69 Å². The number of carboxylic acid groups (broad SMARTS) is 1. The van der Waals surface area contributed by atoms with E-state index in [1.807, 2.05) is 0 Å².